The average Bonchev–Trinajstić information content (AvgIpc) is 3.22. The van der Waals surface area contributed by atoms with Gasteiger partial charge in [-0.1, -0.05) is 0 Å². The molecule has 110 valence electrons. The van der Waals surface area contributed by atoms with Crippen molar-refractivity contribution in [3.63, 3.8) is 0 Å². The minimum atomic E-state index is -0.792. The van der Waals surface area contributed by atoms with Crippen LogP contribution in [0.1, 0.15) is 25.7 Å². The highest BCUT2D eigenvalue weighted by Gasteiger charge is 2.50. The van der Waals surface area contributed by atoms with Crippen LogP contribution in [-0.2, 0) is 9.53 Å². The number of likely N-dealkylation sites (tertiary alicyclic amines) is 1. The van der Waals surface area contributed by atoms with Gasteiger partial charge < -0.3 is 20.3 Å². The largest absolute Gasteiger partial charge is 0.468 e. The first-order chi connectivity index (χ1) is 8.97. The minimum Gasteiger partial charge on any atom is -0.468 e. The molecule has 1 unspecified atom stereocenters. The van der Waals surface area contributed by atoms with Crippen molar-refractivity contribution in [2.75, 3.05) is 40.8 Å². The lowest BCUT2D eigenvalue weighted by atomic mass is 9.92. The van der Waals surface area contributed by atoms with Crippen molar-refractivity contribution in [3.8, 4) is 0 Å². The number of methoxy groups -OCH3 is 1. The van der Waals surface area contributed by atoms with Crippen molar-refractivity contribution < 1.29 is 9.53 Å². The molecule has 1 aliphatic carbocycles. The summed E-state index contributed by atoms with van der Waals surface area (Å²) in [6, 6.07) is 0.655. The van der Waals surface area contributed by atoms with Crippen LogP contribution in [0, 0.1) is 5.92 Å². The summed E-state index contributed by atoms with van der Waals surface area (Å²) < 4.78 is 4.92. The summed E-state index contributed by atoms with van der Waals surface area (Å²) in [7, 11) is 5.70. The molecular formula is C14H27N3O2. The molecule has 5 nitrogen and oxygen atoms in total. The van der Waals surface area contributed by atoms with Gasteiger partial charge in [-0.3, -0.25) is 4.79 Å². The molecule has 1 atom stereocenters. The maximum atomic E-state index is 12.0. The van der Waals surface area contributed by atoms with Crippen LogP contribution in [0.5, 0.6) is 0 Å². The summed E-state index contributed by atoms with van der Waals surface area (Å²) >= 11 is 0. The van der Waals surface area contributed by atoms with E-state index in [1.54, 1.807) is 0 Å². The zero-order valence-corrected chi connectivity index (χ0v) is 12.4. The predicted octanol–water partition coefficient (Wildman–Crippen LogP) is 0.293. The van der Waals surface area contributed by atoms with Gasteiger partial charge in [0.25, 0.3) is 0 Å². The number of rotatable bonds is 5. The molecule has 0 radical (unpaired) electrons. The number of carbonyl (C=O) groups is 1. The van der Waals surface area contributed by atoms with Crippen LogP contribution in [0.4, 0.5) is 0 Å². The van der Waals surface area contributed by atoms with E-state index in [0.29, 0.717) is 18.5 Å². The van der Waals surface area contributed by atoms with Crippen LogP contribution in [-0.4, -0.2) is 68.2 Å². The van der Waals surface area contributed by atoms with Crippen molar-refractivity contribution in [1.29, 1.82) is 0 Å². The molecule has 2 rings (SSSR count). The van der Waals surface area contributed by atoms with E-state index in [9.17, 15) is 4.79 Å². The lowest BCUT2D eigenvalue weighted by Crippen LogP contribution is -2.59. The minimum absolute atomic E-state index is 0.246. The Hall–Kier alpha value is -0.650. The first-order valence-corrected chi connectivity index (χ1v) is 7.23. The Morgan fingerprint density at radius 2 is 1.89 bits per heavy atom. The zero-order valence-electron chi connectivity index (χ0n) is 12.4. The Balaban J connectivity index is 1.91. The molecule has 0 spiro atoms. The first kappa shape index (κ1) is 14.8. The molecule has 0 amide bonds. The number of nitrogens with two attached hydrogens (primary N) is 1. The Kier molecular flexibility index (Phi) is 4.48. The standard InChI is InChI=1S/C14H27N3O2/c1-16(2)12-6-8-17(9-7-12)10-14(15,11-4-5-11)13(18)19-3/h11-12H,4-10,15H2,1-3H3. The summed E-state index contributed by atoms with van der Waals surface area (Å²) in [5.41, 5.74) is 5.56. The molecule has 1 saturated carbocycles. The fraction of sp³-hybridized carbons (Fsp3) is 0.929. The number of ether oxygens (including phenoxy) is 1. The normalized spacial score (nSPS) is 25.3. The van der Waals surface area contributed by atoms with Gasteiger partial charge in [0.05, 0.1) is 7.11 Å². The second-order valence-corrected chi connectivity index (χ2v) is 6.28. The molecule has 0 aromatic carbocycles. The number of hydrogen-bond acceptors (Lipinski definition) is 5. The SMILES string of the molecule is COC(=O)C(N)(CN1CCC(N(C)C)CC1)C1CC1. The third-order valence-corrected chi connectivity index (χ3v) is 4.64. The van der Waals surface area contributed by atoms with Gasteiger partial charge in [0.1, 0.15) is 5.54 Å². The maximum absolute atomic E-state index is 12.0. The second kappa shape index (κ2) is 5.77. The van der Waals surface area contributed by atoms with E-state index in [1.807, 2.05) is 0 Å². The molecule has 2 fully saturated rings. The van der Waals surface area contributed by atoms with Gasteiger partial charge in [0, 0.05) is 12.6 Å². The molecule has 2 aliphatic rings. The van der Waals surface area contributed by atoms with E-state index in [0.717, 1.165) is 38.8 Å². The monoisotopic (exact) mass is 269 g/mol. The topological polar surface area (TPSA) is 58.8 Å². The van der Waals surface area contributed by atoms with Crippen LogP contribution in [0.25, 0.3) is 0 Å². The van der Waals surface area contributed by atoms with Crippen molar-refractivity contribution >= 4 is 5.97 Å². The number of esters is 1. The highest BCUT2D eigenvalue weighted by Crippen LogP contribution is 2.39. The van der Waals surface area contributed by atoms with Gasteiger partial charge in [0.2, 0.25) is 0 Å². The summed E-state index contributed by atoms with van der Waals surface area (Å²) in [5.74, 6) is 0.0660. The van der Waals surface area contributed by atoms with E-state index in [-0.39, 0.29) is 5.97 Å². The van der Waals surface area contributed by atoms with E-state index in [1.165, 1.54) is 7.11 Å². The predicted molar refractivity (Wildman–Crippen MR) is 74.8 cm³/mol. The zero-order chi connectivity index (χ0) is 14.0. The molecule has 0 aromatic heterocycles. The quantitative estimate of drug-likeness (QED) is 0.727. The van der Waals surface area contributed by atoms with E-state index in [4.69, 9.17) is 10.5 Å². The molecule has 1 saturated heterocycles. The lowest BCUT2D eigenvalue weighted by Gasteiger charge is -2.39. The average molecular weight is 269 g/mol. The second-order valence-electron chi connectivity index (χ2n) is 6.28. The van der Waals surface area contributed by atoms with Crippen LogP contribution < -0.4 is 5.73 Å². The van der Waals surface area contributed by atoms with Crippen molar-refractivity contribution in [2.24, 2.45) is 11.7 Å². The Morgan fingerprint density at radius 1 is 1.32 bits per heavy atom. The van der Waals surface area contributed by atoms with Crippen molar-refractivity contribution in [1.82, 2.24) is 9.80 Å². The van der Waals surface area contributed by atoms with Crippen molar-refractivity contribution in [3.05, 3.63) is 0 Å². The molecule has 5 heteroatoms. The summed E-state index contributed by atoms with van der Waals surface area (Å²) in [4.78, 5) is 16.6. The first-order valence-electron chi connectivity index (χ1n) is 7.23. The molecule has 1 heterocycles. The van der Waals surface area contributed by atoms with Crippen LogP contribution in [0.2, 0.25) is 0 Å². The fourth-order valence-electron chi connectivity index (χ4n) is 3.11. The molecule has 2 N–H and O–H groups in total. The van der Waals surface area contributed by atoms with E-state index in [2.05, 4.69) is 23.9 Å². The lowest BCUT2D eigenvalue weighted by molar-refractivity contribution is -0.149. The van der Waals surface area contributed by atoms with Gasteiger partial charge in [-0.15, -0.1) is 0 Å². The van der Waals surface area contributed by atoms with Gasteiger partial charge in [-0.2, -0.15) is 0 Å². The third kappa shape index (κ3) is 3.27. The highest BCUT2D eigenvalue weighted by atomic mass is 16.5. The van der Waals surface area contributed by atoms with Crippen molar-refractivity contribution in [2.45, 2.75) is 37.3 Å². The summed E-state index contributed by atoms with van der Waals surface area (Å²) in [6.07, 6.45) is 4.41. The Bertz CT molecular complexity index is 323. The molecule has 19 heavy (non-hydrogen) atoms. The van der Waals surface area contributed by atoms with Gasteiger partial charge >= 0.3 is 5.97 Å². The van der Waals surface area contributed by atoms with Crippen LogP contribution >= 0.6 is 0 Å². The number of nitrogens with zero attached hydrogens (tertiary/aromatic N) is 2. The number of carbonyl (C=O) groups excluding carboxylic acids is 1. The maximum Gasteiger partial charge on any atom is 0.327 e. The van der Waals surface area contributed by atoms with E-state index < -0.39 is 5.54 Å². The highest BCUT2D eigenvalue weighted by molar-refractivity contribution is 5.81. The van der Waals surface area contributed by atoms with E-state index >= 15 is 0 Å². The molecule has 1 aliphatic heterocycles. The Labute approximate surface area is 116 Å². The number of piperidine rings is 1. The van der Waals surface area contributed by atoms with Crippen LogP contribution in [0.15, 0.2) is 0 Å². The summed E-state index contributed by atoms with van der Waals surface area (Å²) in [5, 5.41) is 0. The third-order valence-electron chi connectivity index (χ3n) is 4.64. The van der Waals surface area contributed by atoms with Gasteiger partial charge in [-0.25, -0.2) is 0 Å². The van der Waals surface area contributed by atoms with Crippen LogP contribution in [0.3, 0.4) is 0 Å². The molecular weight excluding hydrogens is 242 g/mol. The molecule has 0 bridgehead atoms. The van der Waals surface area contributed by atoms with Gasteiger partial charge in [-0.05, 0) is 58.8 Å². The smallest absolute Gasteiger partial charge is 0.327 e. The van der Waals surface area contributed by atoms with Gasteiger partial charge in [0.15, 0.2) is 0 Å². The summed E-state index contributed by atoms with van der Waals surface area (Å²) in [6.45, 7) is 2.68. The number of hydrogen-bond donors (Lipinski definition) is 1. The Morgan fingerprint density at radius 3 is 2.32 bits per heavy atom. The molecule has 0 aromatic rings. The fourth-order valence-corrected chi connectivity index (χ4v) is 3.11.